The molecule has 0 saturated carbocycles. The van der Waals surface area contributed by atoms with Crippen LogP contribution in [-0.2, 0) is 17.6 Å². The Bertz CT molecular complexity index is 960. The number of aromatic nitrogens is 2. The largest absolute Gasteiger partial charge is 0.484 e. The molecule has 0 bridgehead atoms. The van der Waals surface area contributed by atoms with Crippen LogP contribution in [0.1, 0.15) is 43.0 Å². The SMILES string of the molecule is CC(C)c1ccc(OCC(=O)Nc2c3c(nn2-c2ccccc2)CCC3)cc1. The van der Waals surface area contributed by atoms with E-state index in [9.17, 15) is 4.79 Å². The summed E-state index contributed by atoms with van der Waals surface area (Å²) >= 11 is 0. The Balaban J connectivity index is 1.47. The Morgan fingerprint density at radius 3 is 2.57 bits per heavy atom. The molecule has 0 radical (unpaired) electrons. The molecular formula is C23H25N3O2. The molecule has 5 heteroatoms. The lowest BCUT2D eigenvalue weighted by Crippen LogP contribution is -2.22. The van der Waals surface area contributed by atoms with Gasteiger partial charge in [0.05, 0.1) is 11.4 Å². The van der Waals surface area contributed by atoms with E-state index < -0.39 is 0 Å². The lowest BCUT2D eigenvalue weighted by Gasteiger charge is -2.12. The van der Waals surface area contributed by atoms with Gasteiger partial charge in [-0.3, -0.25) is 4.79 Å². The minimum atomic E-state index is -0.181. The van der Waals surface area contributed by atoms with E-state index in [1.807, 2.05) is 59.3 Å². The topological polar surface area (TPSA) is 56.1 Å². The van der Waals surface area contributed by atoms with Crippen molar-refractivity contribution in [2.45, 2.75) is 39.0 Å². The molecule has 2 aromatic carbocycles. The van der Waals surface area contributed by atoms with Crippen molar-refractivity contribution >= 4 is 11.7 Å². The van der Waals surface area contributed by atoms with Gasteiger partial charge in [-0.05, 0) is 55.0 Å². The quantitative estimate of drug-likeness (QED) is 0.690. The molecule has 1 N–H and O–H groups in total. The second-order valence-corrected chi connectivity index (χ2v) is 7.44. The number of rotatable bonds is 6. The molecular weight excluding hydrogens is 350 g/mol. The van der Waals surface area contributed by atoms with E-state index in [2.05, 4.69) is 19.2 Å². The first-order chi connectivity index (χ1) is 13.6. The van der Waals surface area contributed by atoms with E-state index in [-0.39, 0.29) is 12.5 Å². The second-order valence-electron chi connectivity index (χ2n) is 7.44. The van der Waals surface area contributed by atoms with Crippen molar-refractivity contribution in [3.8, 4) is 11.4 Å². The first kappa shape index (κ1) is 18.3. The van der Waals surface area contributed by atoms with Crippen LogP contribution in [0.3, 0.4) is 0 Å². The number of hydrogen-bond donors (Lipinski definition) is 1. The number of fused-ring (bicyclic) bond motifs is 1. The van der Waals surface area contributed by atoms with E-state index >= 15 is 0 Å². The number of benzene rings is 2. The number of nitrogens with one attached hydrogen (secondary N) is 1. The molecule has 28 heavy (non-hydrogen) atoms. The van der Waals surface area contributed by atoms with Gasteiger partial charge in [-0.15, -0.1) is 0 Å². The van der Waals surface area contributed by atoms with Gasteiger partial charge in [-0.2, -0.15) is 5.10 Å². The maximum absolute atomic E-state index is 12.6. The Morgan fingerprint density at radius 2 is 1.86 bits per heavy atom. The average Bonchev–Trinajstić information content (AvgIpc) is 3.30. The molecule has 0 atom stereocenters. The maximum Gasteiger partial charge on any atom is 0.263 e. The summed E-state index contributed by atoms with van der Waals surface area (Å²) in [7, 11) is 0. The maximum atomic E-state index is 12.6. The summed E-state index contributed by atoms with van der Waals surface area (Å²) in [6.07, 6.45) is 2.97. The molecule has 1 heterocycles. The number of anilines is 1. The molecule has 3 aromatic rings. The first-order valence-electron chi connectivity index (χ1n) is 9.80. The van der Waals surface area contributed by atoms with Gasteiger partial charge in [0.25, 0.3) is 5.91 Å². The lowest BCUT2D eigenvalue weighted by atomic mass is 10.0. The molecule has 0 saturated heterocycles. The van der Waals surface area contributed by atoms with Crippen LogP contribution in [-0.4, -0.2) is 22.3 Å². The number of carbonyl (C=O) groups is 1. The highest BCUT2D eigenvalue weighted by Crippen LogP contribution is 2.31. The fourth-order valence-electron chi connectivity index (χ4n) is 3.54. The summed E-state index contributed by atoms with van der Waals surface area (Å²) in [6, 6.07) is 17.8. The number of ether oxygens (including phenoxy) is 1. The van der Waals surface area contributed by atoms with Crippen LogP contribution in [0.25, 0.3) is 5.69 Å². The molecule has 0 spiro atoms. The highest BCUT2D eigenvalue weighted by molar-refractivity contribution is 5.92. The Hall–Kier alpha value is -3.08. The number of carbonyl (C=O) groups excluding carboxylic acids is 1. The molecule has 0 fully saturated rings. The summed E-state index contributed by atoms with van der Waals surface area (Å²) in [6.45, 7) is 4.27. The van der Waals surface area contributed by atoms with E-state index in [1.54, 1.807) is 0 Å². The third-order valence-electron chi connectivity index (χ3n) is 5.08. The van der Waals surface area contributed by atoms with Crippen molar-refractivity contribution in [3.63, 3.8) is 0 Å². The van der Waals surface area contributed by atoms with Gasteiger partial charge in [0.15, 0.2) is 6.61 Å². The summed E-state index contributed by atoms with van der Waals surface area (Å²) < 4.78 is 7.51. The van der Waals surface area contributed by atoms with Crippen LogP contribution in [0.4, 0.5) is 5.82 Å². The first-order valence-corrected chi connectivity index (χ1v) is 9.80. The Morgan fingerprint density at radius 1 is 1.11 bits per heavy atom. The zero-order valence-electron chi connectivity index (χ0n) is 16.3. The minimum absolute atomic E-state index is 0.0320. The van der Waals surface area contributed by atoms with Crippen molar-refractivity contribution in [3.05, 3.63) is 71.4 Å². The summed E-state index contributed by atoms with van der Waals surface area (Å²) in [5.41, 5.74) is 4.40. The predicted octanol–water partition coefficient (Wildman–Crippen LogP) is 4.50. The van der Waals surface area contributed by atoms with Gasteiger partial charge < -0.3 is 10.1 Å². The molecule has 1 aliphatic rings. The number of aryl methyl sites for hydroxylation is 1. The normalized spacial score (nSPS) is 12.8. The van der Waals surface area contributed by atoms with Crippen LogP contribution in [0.2, 0.25) is 0 Å². The van der Waals surface area contributed by atoms with Gasteiger partial charge in [0.1, 0.15) is 11.6 Å². The van der Waals surface area contributed by atoms with Crippen molar-refractivity contribution in [2.24, 2.45) is 0 Å². The Labute approximate surface area is 165 Å². The minimum Gasteiger partial charge on any atom is -0.484 e. The highest BCUT2D eigenvalue weighted by Gasteiger charge is 2.24. The van der Waals surface area contributed by atoms with Crippen molar-refractivity contribution in [2.75, 3.05) is 11.9 Å². The smallest absolute Gasteiger partial charge is 0.263 e. The van der Waals surface area contributed by atoms with Crippen LogP contribution in [0, 0.1) is 0 Å². The zero-order valence-corrected chi connectivity index (χ0v) is 16.3. The van der Waals surface area contributed by atoms with Crippen molar-refractivity contribution < 1.29 is 9.53 Å². The molecule has 0 unspecified atom stereocenters. The molecule has 1 amide bonds. The standard InChI is InChI=1S/C23H25N3O2/c1-16(2)17-11-13-19(14-12-17)28-15-22(27)24-23-20-9-6-10-21(20)25-26(23)18-7-4-3-5-8-18/h3-5,7-8,11-14,16H,6,9-10,15H2,1-2H3,(H,24,27). The zero-order chi connectivity index (χ0) is 19.5. The van der Waals surface area contributed by atoms with Gasteiger partial charge in [-0.25, -0.2) is 4.68 Å². The van der Waals surface area contributed by atoms with Crippen LogP contribution >= 0.6 is 0 Å². The highest BCUT2D eigenvalue weighted by atomic mass is 16.5. The van der Waals surface area contributed by atoms with Gasteiger partial charge >= 0.3 is 0 Å². The summed E-state index contributed by atoms with van der Waals surface area (Å²) in [4.78, 5) is 12.6. The van der Waals surface area contributed by atoms with Gasteiger partial charge in [0, 0.05) is 5.56 Å². The van der Waals surface area contributed by atoms with E-state index in [0.717, 1.165) is 42.0 Å². The number of para-hydroxylation sites is 1. The second kappa shape index (κ2) is 7.89. The van der Waals surface area contributed by atoms with Crippen LogP contribution in [0.5, 0.6) is 5.75 Å². The predicted molar refractivity (Wildman–Crippen MR) is 110 cm³/mol. The number of hydrogen-bond acceptors (Lipinski definition) is 3. The molecule has 144 valence electrons. The van der Waals surface area contributed by atoms with Gasteiger partial charge in [0.2, 0.25) is 0 Å². The fraction of sp³-hybridized carbons (Fsp3) is 0.304. The van der Waals surface area contributed by atoms with E-state index in [0.29, 0.717) is 11.7 Å². The van der Waals surface area contributed by atoms with Crippen molar-refractivity contribution in [1.82, 2.24) is 9.78 Å². The van der Waals surface area contributed by atoms with Crippen molar-refractivity contribution in [1.29, 1.82) is 0 Å². The lowest BCUT2D eigenvalue weighted by molar-refractivity contribution is -0.118. The number of amides is 1. The van der Waals surface area contributed by atoms with Crippen LogP contribution < -0.4 is 10.1 Å². The molecule has 1 aromatic heterocycles. The third kappa shape index (κ3) is 3.79. The van der Waals surface area contributed by atoms with Crippen LogP contribution in [0.15, 0.2) is 54.6 Å². The Kier molecular flexibility index (Phi) is 5.15. The molecule has 5 nitrogen and oxygen atoms in total. The van der Waals surface area contributed by atoms with E-state index in [4.69, 9.17) is 9.84 Å². The average molecular weight is 375 g/mol. The summed E-state index contributed by atoms with van der Waals surface area (Å²) in [5, 5.41) is 7.75. The van der Waals surface area contributed by atoms with Gasteiger partial charge in [-0.1, -0.05) is 44.2 Å². The molecule has 0 aliphatic heterocycles. The third-order valence-corrected chi connectivity index (χ3v) is 5.08. The molecule has 1 aliphatic carbocycles. The fourth-order valence-corrected chi connectivity index (χ4v) is 3.54. The number of nitrogens with zero attached hydrogens (tertiary/aromatic N) is 2. The monoisotopic (exact) mass is 375 g/mol. The summed E-state index contributed by atoms with van der Waals surface area (Å²) in [5.74, 6) is 1.75. The molecule has 4 rings (SSSR count). The van der Waals surface area contributed by atoms with E-state index in [1.165, 1.54) is 5.56 Å².